The van der Waals surface area contributed by atoms with E-state index in [0.717, 1.165) is 22.5 Å². The first-order chi connectivity index (χ1) is 13.9. The Labute approximate surface area is 168 Å². The first-order valence-corrected chi connectivity index (χ1v) is 9.38. The van der Waals surface area contributed by atoms with Crippen LogP contribution in [0.1, 0.15) is 38.4 Å². The molecule has 5 N–H and O–H groups in total. The van der Waals surface area contributed by atoms with E-state index in [0.29, 0.717) is 34.6 Å². The van der Waals surface area contributed by atoms with Crippen LogP contribution in [0.3, 0.4) is 0 Å². The summed E-state index contributed by atoms with van der Waals surface area (Å²) in [6, 6.07) is 14.9. The van der Waals surface area contributed by atoms with Gasteiger partial charge in [0.2, 0.25) is 0 Å². The molecule has 2 aromatic carbocycles. The van der Waals surface area contributed by atoms with Crippen LogP contribution < -0.4 is 16.4 Å². The molecule has 0 radical (unpaired) electrons. The molecule has 0 bridgehead atoms. The van der Waals surface area contributed by atoms with Gasteiger partial charge in [0.05, 0.1) is 11.3 Å². The first-order valence-electron chi connectivity index (χ1n) is 9.38. The van der Waals surface area contributed by atoms with Gasteiger partial charge in [-0.25, -0.2) is 0 Å². The van der Waals surface area contributed by atoms with Gasteiger partial charge in [-0.15, -0.1) is 0 Å². The highest BCUT2D eigenvalue weighted by Gasteiger charge is 2.26. The number of aryl methyl sites for hydroxylation is 1. The van der Waals surface area contributed by atoms with Crippen molar-refractivity contribution in [3.05, 3.63) is 82.2 Å². The van der Waals surface area contributed by atoms with Crippen LogP contribution in [0.5, 0.6) is 0 Å². The number of nitrogen functional groups attached to an aromatic ring is 1. The quantitative estimate of drug-likeness (QED) is 0.515. The van der Waals surface area contributed by atoms with Crippen molar-refractivity contribution in [2.24, 2.45) is 0 Å². The maximum atomic E-state index is 12.6. The van der Waals surface area contributed by atoms with E-state index in [9.17, 15) is 9.59 Å². The van der Waals surface area contributed by atoms with Gasteiger partial charge >= 0.3 is 0 Å². The Morgan fingerprint density at radius 1 is 1.14 bits per heavy atom. The van der Waals surface area contributed by atoms with Crippen molar-refractivity contribution in [2.45, 2.75) is 20.4 Å². The van der Waals surface area contributed by atoms with Crippen LogP contribution in [0.2, 0.25) is 0 Å². The fourth-order valence-electron chi connectivity index (χ4n) is 3.43. The Hall–Kier alpha value is -3.80. The number of benzene rings is 2. The molecule has 0 unspecified atom stereocenters. The maximum Gasteiger partial charge on any atom is 0.256 e. The molecule has 29 heavy (non-hydrogen) atoms. The number of amides is 2. The second kappa shape index (κ2) is 7.31. The van der Waals surface area contributed by atoms with E-state index in [2.05, 4.69) is 15.6 Å². The molecule has 2 heterocycles. The number of aromatic nitrogens is 1. The van der Waals surface area contributed by atoms with Gasteiger partial charge in [0.25, 0.3) is 11.8 Å². The third-order valence-electron chi connectivity index (χ3n) is 5.18. The molecule has 6 nitrogen and oxygen atoms in total. The number of hydrogen-bond acceptors (Lipinski definition) is 3. The summed E-state index contributed by atoms with van der Waals surface area (Å²) in [7, 11) is 0. The molecule has 6 heteroatoms. The van der Waals surface area contributed by atoms with Gasteiger partial charge in [-0.3, -0.25) is 9.59 Å². The van der Waals surface area contributed by atoms with E-state index in [1.807, 2.05) is 44.2 Å². The summed E-state index contributed by atoms with van der Waals surface area (Å²) in [5.74, 6) is -0.390. The Morgan fingerprint density at radius 3 is 2.59 bits per heavy atom. The Bertz CT molecular complexity index is 1140. The molecule has 0 spiro atoms. The predicted molar refractivity (Wildman–Crippen MR) is 115 cm³/mol. The standard InChI is InChI=1S/C23H22N4O2/c1-13-20(26-14(2)21(13)24)11-18-17-10-16(8-9-19(17)27-23(18)29)22(28)25-12-15-6-4-3-5-7-15/h3-11,26H,12,24H2,1-2H3,(H,25,28)(H,27,29)/b18-11-. The van der Waals surface area contributed by atoms with Crippen molar-refractivity contribution >= 4 is 34.8 Å². The number of hydrogen-bond donors (Lipinski definition) is 4. The Kier molecular flexibility index (Phi) is 4.68. The fourth-order valence-corrected chi connectivity index (χ4v) is 3.43. The van der Waals surface area contributed by atoms with E-state index < -0.39 is 0 Å². The third kappa shape index (κ3) is 3.52. The van der Waals surface area contributed by atoms with Gasteiger partial charge < -0.3 is 21.4 Å². The summed E-state index contributed by atoms with van der Waals surface area (Å²) in [6.07, 6.45) is 1.78. The third-order valence-corrected chi connectivity index (χ3v) is 5.18. The number of aromatic amines is 1. The highest BCUT2D eigenvalue weighted by atomic mass is 16.2. The lowest BCUT2D eigenvalue weighted by atomic mass is 10.0. The normalized spacial score (nSPS) is 14.0. The SMILES string of the molecule is Cc1[nH]c(/C=C2\C(=O)Nc3ccc(C(=O)NCc4ccccc4)cc32)c(C)c1N. The van der Waals surface area contributed by atoms with Crippen molar-refractivity contribution in [1.82, 2.24) is 10.3 Å². The Balaban J connectivity index is 1.62. The molecule has 0 fully saturated rings. The average molecular weight is 386 g/mol. The summed E-state index contributed by atoms with van der Waals surface area (Å²) >= 11 is 0. The van der Waals surface area contributed by atoms with E-state index in [1.54, 1.807) is 24.3 Å². The molecular formula is C23H22N4O2. The number of carbonyl (C=O) groups excluding carboxylic acids is 2. The number of rotatable bonds is 4. The molecule has 3 aromatic rings. The summed E-state index contributed by atoms with van der Waals surface area (Å²) in [4.78, 5) is 28.3. The average Bonchev–Trinajstić information content (AvgIpc) is 3.17. The van der Waals surface area contributed by atoms with Gasteiger partial charge in [-0.1, -0.05) is 30.3 Å². The number of anilines is 2. The molecule has 1 aliphatic rings. The van der Waals surface area contributed by atoms with Crippen LogP contribution in [0, 0.1) is 13.8 Å². The first kappa shape index (κ1) is 18.6. The maximum absolute atomic E-state index is 12.6. The summed E-state index contributed by atoms with van der Waals surface area (Å²) < 4.78 is 0. The second-order valence-corrected chi connectivity index (χ2v) is 7.14. The van der Waals surface area contributed by atoms with E-state index in [-0.39, 0.29) is 11.8 Å². The van der Waals surface area contributed by atoms with E-state index in [4.69, 9.17) is 5.73 Å². The van der Waals surface area contributed by atoms with Gasteiger partial charge in [0, 0.05) is 34.7 Å². The lowest BCUT2D eigenvalue weighted by Gasteiger charge is -2.07. The molecule has 0 saturated carbocycles. The van der Waals surface area contributed by atoms with Crippen molar-refractivity contribution < 1.29 is 9.59 Å². The van der Waals surface area contributed by atoms with E-state index in [1.165, 1.54) is 0 Å². The molecule has 1 aliphatic heterocycles. The molecular weight excluding hydrogens is 364 g/mol. The number of fused-ring (bicyclic) bond motifs is 1. The van der Waals surface area contributed by atoms with Crippen LogP contribution in [0.4, 0.5) is 11.4 Å². The molecule has 2 amide bonds. The fraction of sp³-hybridized carbons (Fsp3) is 0.130. The van der Waals surface area contributed by atoms with Crippen LogP contribution in [-0.2, 0) is 11.3 Å². The van der Waals surface area contributed by atoms with Crippen LogP contribution in [0.25, 0.3) is 11.6 Å². The van der Waals surface area contributed by atoms with Crippen molar-refractivity contribution in [2.75, 3.05) is 11.1 Å². The summed E-state index contributed by atoms with van der Waals surface area (Å²) in [5.41, 5.74) is 12.7. The van der Waals surface area contributed by atoms with Crippen molar-refractivity contribution in [1.29, 1.82) is 0 Å². The van der Waals surface area contributed by atoms with Crippen molar-refractivity contribution in [3.63, 3.8) is 0 Å². The molecule has 0 aliphatic carbocycles. The molecule has 146 valence electrons. The lowest BCUT2D eigenvalue weighted by molar-refractivity contribution is -0.110. The van der Waals surface area contributed by atoms with Gasteiger partial charge in [0.15, 0.2) is 0 Å². The summed E-state index contributed by atoms with van der Waals surface area (Å²) in [5, 5.41) is 5.76. The van der Waals surface area contributed by atoms with Crippen molar-refractivity contribution in [3.8, 4) is 0 Å². The minimum absolute atomic E-state index is 0.188. The number of nitrogens with one attached hydrogen (secondary N) is 3. The number of nitrogens with two attached hydrogens (primary N) is 1. The minimum atomic E-state index is -0.202. The smallest absolute Gasteiger partial charge is 0.256 e. The zero-order valence-corrected chi connectivity index (χ0v) is 16.3. The predicted octanol–water partition coefficient (Wildman–Crippen LogP) is 3.64. The Morgan fingerprint density at radius 2 is 1.90 bits per heavy atom. The topological polar surface area (TPSA) is 100 Å². The van der Waals surface area contributed by atoms with E-state index >= 15 is 0 Å². The zero-order chi connectivity index (χ0) is 20.5. The molecule has 0 atom stereocenters. The number of H-pyrrole nitrogens is 1. The van der Waals surface area contributed by atoms with Crippen LogP contribution in [0.15, 0.2) is 48.5 Å². The zero-order valence-electron chi connectivity index (χ0n) is 16.3. The van der Waals surface area contributed by atoms with Crippen LogP contribution in [-0.4, -0.2) is 16.8 Å². The highest BCUT2D eigenvalue weighted by Crippen LogP contribution is 2.35. The molecule has 4 rings (SSSR count). The number of carbonyl (C=O) groups is 2. The van der Waals surface area contributed by atoms with Crippen LogP contribution >= 0.6 is 0 Å². The molecule has 1 aromatic heterocycles. The summed E-state index contributed by atoms with van der Waals surface area (Å²) in [6.45, 7) is 4.24. The highest BCUT2D eigenvalue weighted by molar-refractivity contribution is 6.35. The monoisotopic (exact) mass is 386 g/mol. The van der Waals surface area contributed by atoms with Gasteiger partial charge in [-0.2, -0.15) is 0 Å². The molecule has 0 saturated heterocycles. The second-order valence-electron chi connectivity index (χ2n) is 7.14. The lowest BCUT2D eigenvalue weighted by Crippen LogP contribution is -2.22. The minimum Gasteiger partial charge on any atom is -0.397 e. The van der Waals surface area contributed by atoms with Gasteiger partial charge in [0.1, 0.15) is 0 Å². The van der Waals surface area contributed by atoms with Gasteiger partial charge in [-0.05, 0) is 49.2 Å². The largest absolute Gasteiger partial charge is 0.397 e.